The zero-order chi connectivity index (χ0) is 10.4. The van der Waals surface area contributed by atoms with Crippen molar-refractivity contribution in [2.24, 2.45) is 0 Å². The minimum atomic E-state index is -2.16. The van der Waals surface area contributed by atoms with Crippen LogP contribution in [0.3, 0.4) is 0 Å². The van der Waals surface area contributed by atoms with E-state index in [-0.39, 0.29) is 6.23 Å². The zero-order valence-corrected chi connectivity index (χ0v) is 9.26. The van der Waals surface area contributed by atoms with Crippen LogP contribution in [0, 0.1) is 0 Å². The molecule has 0 amide bonds. The van der Waals surface area contributed by atoms with Crippen LogP contribution in [0.1, 0.15) is 19.8 Å². The summed E-state index contributed by atoms with van der Waals surface area (Å²) < 4.78 is 24.2. The van der Waals surface area contributed by atoms with Gasteiger partial charge in [-0.3, -0.25) is 9.45 Å². The molecule has 84 valence electrons. The molecule has 0 bridgehead atoms. The first kappa shape index (κ1) is 12.1. The fourth-order valence-electron chi connectivity index (χ4n) is 1.60. The van der Waals surface area contributed by atoms with Crippen molar-refractivity contribution in [1.82, 2.24) is 10.2 Å². The third-order valence-electron chi connectivity index (χ3n) is 2.29. The molecular weight excluding hydrogens is 204 g/mol. The fraction of sp³-hybridized carbons (Fsp3) is 1.00. The molecule has 2 N–H and O–H groups in total. The van der Waals surface area contributed by atoms with E-state index >= 15 is 0 Å². The molecule has 1 aliphatic rings. The van der Waals surface area contributed by atoms with E-state index in [4.69, 9.17) is 8.74 Å². The summed E-state index contributed by atoms with van der Waals surface area (Å²) in [5.41, 5.74) is 0. The van der Waals surface area contributed by atoms with E-state index in [9.17, 15) is 4.21 Å². The smallest absolute Gasteiger partial charge is 0.303 e. The minimum absolute atomic E-state index is 0.215. The molecule has 1 saturated heterocycles. The zero-order valence-electron chi connectivity index (χ0n) is 8.44. The molecule has 1 aliphatic heterocycles. The molecule has 0 aromatic rings. The first-order chi connectivity index (χ1) is 6.74. The molecule has 5 nitrogen and oxygen atoms in total. The molecule has 0 aromatic carbocycles. The van der Waals surface area contributed by atoms with Crippen LogP contribution in [-0.2, 0) is 15.5 Å². The largest absolute Gasteiger partial charge is 0.314 e. The summed E-state index contributed by atoms with van der Waals surface area (Å²) in [6.07, 6.45) is 1.53. The highest BCUT2D eigenvalue weighted by atomic mass is 32.2. The summed E-state index contributed by atoms with van der Waals surface area (Å²) in [6, 6.07) is 0. The Balaban J connectivity index is 2.42. The quantitative estimate of drug-likeness (QED) is 0.649. The predicted octanol–water partition coefficient (Wildman–Crippen LogP) is 0.171. The van der Waals surface area contributed by atoms with Crippen molar-refractivity contribution in [2.75, 3.05) is 26.2 Å². The van der Waals surface area contributed by atoms with Crippen molar-refractivity contribution in [1.29, 1.82) is 0 Å². The summed E-state index contributed by atoms with van der Waals surface area (Å²) in [7, 11) is 0. The Morgan fingerprint density at radius 1 is 1.57 bits per heavy atom. The molecule has 0 spiro atoms. The average Bonchev–Trinajstić information content (AvgIpc) is 2.18. The van der Waals surface area contributed by atoms with Crippen molar-refractivity contribution in [3.05, 3.63) is 0 Å². The highest BCUT2D eigenvalue weighted by molar-refractivity contribution is 7.74. The van der Waals surface area contributed by atoms with E-state index in [1.54, 1.807) is 0 Å². The van der Waals surface area contributed by atoms with Crippen LogP contribution in [-0.4, -0.2) is 46.1 Å². The third kappa shape index (κ3) is 4.02. The number of rotatable bonds is 5. The standard InChI is InChI=1S/C8H18N2O3S/c1-2-3-8(13-14(11)12)10-6-4-9-5-7-10/h8-9H,2-7H2,1H3,(H,11,12). The van der Waals surface area contributed by atoms with Crippen LogP contribution in [0.15, 0.2) is 0 Å². The van der Waals surface area contributed by atoms with Gasteiger partial charge in [0.25, 0.3) is 0 Å². The monoisotopic (exact) mass is 222 g/mol. The lowest BCUT2D eigenvalue weighted by molar-refractivity contribution is 0.0142. The number of hydrogen-bond acceptors (Lipinski definition) is 4. The Labute approximate surface area is 87.3 Å². The normalized spacial score (nSPS) is 23.3. The lowest BCUT2D eigenvalue weighted by Crippen LogP contribution is -2.49. The predicted molar refractivity (Wildman–Crippen MR) is 55.0 cm³/mol. The molecular formula is C8H18N2O3S. The van der Waals surface area contributed by atoms with E-state index in [1.165, 1.54) is 0 Å². The number of nitrogens with zero attached hydrogens (tertiary/aromatic N) is 1. The third-order valence-corrected chi connectivity index (χ3v) is 2.67. The molecule has 14 heavy (non-hydrogen) atoms. The lowest BCUT2D eigenvalue weighted by Gasteiger charge is -2.33. The van der Waals surface area contributed by atoms with Gasteiger partial charge in [0.05, 0.1) is 0 Å². The Morgan fingerprint density at radius 2 is 2.21 bits per heavy atom. The summed E-state index contributed by atoms with van der Waals surface area (Å²) in [6.45, 7) is 5.63. The molecule has 1 rings (SSSR count). The SMILES string of the molecule is CCCC(OS(=O)O)N1CCNCC1. The van der Waals surface area contributed by atoms with Gasteiger partial charge in [-0.1, -0.05) is 13.3 Å². The number of hydrogen-bond donors (Lipinski definition) is 2. The number of piperazine rings is 1. The Morgan fingerprint density at radius 3 is 2.71 bits per heavy atom. The minimum Gasteiger partial charge on any atom is -0.314 e. The van der Waals surface area contributed by atoms with Crippen molar-refractivity contribution < 1.29 is 12.9 Å². The highest BCUT2D eigenvalue weighted by Gasteiger charge is 2.21. The Kier molecular flexibility index (Phi) is 5.57. The van der Waals surface area contributed by atoms with Gasteiger partial charge in [0.2, 0.25) is 0 Å². The molecule has 1 heterocycles. The summed E-state index contributed by atoms with van der Waals surface area (Å²) in [4.78, 5) is 2.11. The highest BCUT2D eigenvalue weighted by Crippen LogP contribution is 2.10. The molecule has 6 heteroatoms. The first-order valence-electron chi connectivity index (χ1n) is 4.96. The Bertz CT molecular complexity index is 185. The molecule has 0 saturated carbocycles. The van der Waals surface area contributed by atoms with Crippen molar-refractivity contribution >= 4 is 11.4 Å². The maximum absolute atomic E-state index is 10.6. The second-order valence-corrected chi connectivity index (χ2v) is 3.97. The second-order valence-electron chi connectivity index (χ2n) is 3.34. The molecule has 2 unspecified atom stereocenters. The summed E-state index contributed by atoms with van der Waals surface area (Å²) in [5.74, 6) is 0. The van der Waals surface area contributed by atoms with Crippen molar-refractivity contribution in [3.8, 4) is 0 Å². The van der Waals surface area contributed by atoms with Gasteiger partial charge in [0.1, 0.15) is 6.23 Å². The van der Waals surface area contributed by atoms with Crippen LogP contribution in [0.2, 0.25) is 0 Å². The maximum atomic E-state index is 10.6. The molecule has 2 atom stereocenters. The van der Waals surface area contributed by atoms with Crippen LogP contribution in [0.25, 0.3) is 0 Å². The van der Waals surface area contributed by atoms with Gasteiger partial charge >= 0.3 is 11.4 Å². The van der Waals surface area contributed by atoms with Gasteiger partial charge in [-0.15, -0.1) is 0 Å². The molecule has 0 radical (unpaired) electrons. The van der Waals surface area contributed by atoms with Crippen LogP contribution >= 0.6 is 0 Å². The second kappa shape index (κ2) is 6.47. The Hall–Kier alpha value is -0.0100. The van der Waals surface area contributed by atoms with Gasteiger partial charge in [-0.25, -0.2) is 4.18 Å². The molecule has 0 aliphatic carbocycles. The lowest BCUT2D eigenvalue weighted by atomic mass is 10.2. The summed E-state index contributed by atoms with van der Waals surface area (Å²) >= 11 is -2.16. The van der Waals surface area contributed by atoms with Gasteiger partial charge < -0.3 is 5.32 Å². The van der Waals surface area contributed by atoms with Gasteiger partial charge in [0, 0.05) is 26.2 Å². The van der Waals surface area contributed by atoms with Crippen LogP contribution < -0.4 is 5.32 Å². The fourth-order valence-corrected chi connectivity index (χ4v) is 2.01. The van der Waals surface area contributed by atoms with Gasteiger partial charge in [-0.2, -0.15) is 4.21 Å². The maximum Gasteiger partial charge on any atom is 0.303 e. The van der Waals surface area contributed by atoms with Crippen LogP contribution in [0.5, 0.6) is 0 Å². The number of nitrogens with one attached hydrogen (secondary N) is 1. The topological polar surface area (TPSA) is 61.8 Å². The van der Waals surface area contributed by atoms with E-state index in [2.05, 4.69) is 10.2 Å². The average molecular weight is 222 g/mol. The summed E-state index contributed by atoms with van der Waals surface area (Å²) in [5, 5.41) is 3.23. The molecule has 1 fully saturated rings. The van der Waals surface area contributed by atoms with Crippen LogP contribution in [0.4, 0.5) is 0 Å². The van der Waals surface area contributed by atoms with E-state index in [0.29, 0.717) is 0 Å². The van der Waals surface area contributed by atoms with Gasteiger partial charge in [-0.05, 0) is 6.42 Å². The molecule has 0 aromatic heterocycles. The van der Waals surface area contributed by atoms with Crippen molar-refractivity contribution in [3.63, 3.8) is 0 Å². The van der Waals surface area contributed by atoms with Gasteiger partial charge in [0.15, 0.2) is 0 Å². The van der Waals surface area contributed by atoms with Crippen molar-refractivity contribution in [2.45, 2.75) is 26.0 Å². The van der Waals surface area contributed by atoms with E-state index < -0.39 is 11.4 Å². The first-order valence-corrected chi connectivity index (χ1v) is 6.00. The van der Waals surface area contributed by atoms with E-state index in [1.807, 2.05) is 6.92 Å². The van der Waals surface area contributed by atoms with E-state index in [0.717, 1.165) is 39.0 Å².